The molecule has 7 rings (SSSR count). The van der Waals surface area contributed by atoms with E-state index in [1.165, 1.54) is 34.9 Å². The van der Waals surface area contributed by atoms with E-state index >= 15 is 0 Å². The Morgan fingerprint density at radius 2 is 1.68 bits per heavy atom. The highest BCUT2D eigenvalue weighted by Crippen LogP contribution is 2.44. The number of alkyl carbamates (subject to hydrolysis) is 1. The van der Waals surface area contributed by atoms with Crippen molar-refractivity contribution in [3.05, 3.63) is 105 Å². The molecule has 2 fully saturated rings. The summed E-state index contributed by atoms with van der Waals surface area (Å²) in [4.78, 5) is 40.7. The minimum atomic E-state index is -4.08. The minimum absolute atomic E-state index is 0.0307. The molecule has 2 amide bonds. The van der Waals surface area contributed by atoms with Crippen LogP contribution in [0.3, 0.4) is 0 Å². The van der Waals surface area contributed by atoms with Gasteiger partial charge in [-0.2, -0.15) is 4.31 Å². The number of carboxylic acid groups (broad SMARTS) is 1. The van der Waals surface area contributed by atoms with Crippen molar-refractivity contribution >= 4 is 44.3 Å². The number of carbonyl (C=O) groups excluding carboxylic acids is 2. The second-order valence-electron chi connectivity index (χ2n) is 18.3. The molecule has 4 N–H and O–H groups in total. The molecule has 3 aromatic carbocycles. The topological polar surface area (TPSA) is 199 Å². The average Bonchev–Trinajstić information content (AvgIpc) is 3.92. The monoisotopic (exact) mass is 933 g/mol. The number of rotatable bonds is 18. The van der Waals surface area contributed by atoms with E-state index < -0.39 is 52.0 Å². The van der Waals surface area contributed by atoms with Gasteiger partial charge in [-0.25, -0.2) is 18.0 Å². The van der Waals surface area contributed by atoms with Gasteiger partial charge < -0.3 is 44.5 Å². The van der Waals surface area contributed by atoms with Crippen LogP contribution in [0.25, 0.3) is 0 Å². The molecule has 2 aliphatic heterocycles. The molecular weight excluding hydrogens is 875 g/mol. The van der Waals surface area contributed by atoms with E-state index in [9.17, 15) is 33.0 Å². The number of ether oxygens (including phenoxy) is 5. The molecule has 0 spiro atoms. The molecule has 0 unspecified atom stereocenters. The third kappa shape index (κ3) is 11.2. The third-order valence-corrected chi connectivity index (χ3v) is 15.5. The molecule has 0 radical (unpaired) electrons. The molecule has 3 aliphatic rings. The van der Waals surface area contributed by atoms with Gasteiger partial charge in [0.15, 0.2) is 5.79 Å². The van der Waals surface area contributed by atoms with E-state index in [2.05, 4.69) is 24.5 Å². The third-order valence-electron chi connectivity index (χ3n) is 12.4. The smallest absolute Gasteiger partial charge is 0.407 e. The molecule has 350 valence electrons. The molecule has 65 heavy (non-hydrogen) atoms. The van der Waals surface area contributed by atoms with Crippen molar-refractivity contribution in [2.45, 2.75) is 102 Å². The highest BCUT2D eigenvalue weighted by molar-refractivity contribution is 7.89. The normalized spacial score (nSPS) is 21.0. The lowest BCUT2D eigenvalue weighted by Gasteiger charge is -2.31. The maximum absolute atomic E-state index is 14.0. The fraction of sp³-hybridized carbons (Fsp3) is 0.479. The molecular formula is C48H59N3O12S2. The number of aliphatic hydroxyl groups is 1. The second kappa shape index (κ2) is 19.8. The zero-order chi connectivity index (χ0) is 46.7. The lowest BCUT2D eigenvalue weighted by Crippen LogP contribution is -2.51. The number of methoxy groups -OCH3 is 1. The number of sulfonamides is 1. The van der Waals surface area contributed by atoms with Crippen LogP contribution in [0.15, 0.2) is 77.7 Å². The van der Waals surface area contributed by atoms with Crippen LogP contribution in [0.2, 0.25) is 0 Å². The fourth-order valence-corrected chi connectivity index (χ4v) is 11.7. The van der Waals surface area contributed by atoms with Crippen molar-refractivity contribution in [2.24, 2.45) is 17.3 Å². The van der Waals surface area contributed by atoms with Gasteiger partial charge in [0, 0.05) is 29.1 Å². The Morgan fingerprint density at radius 1 is 0.969 bits per heavy atom. The van der Waals surface area contributed by atoms with Crippen LogP contribution in [0.4, 0.5) is 9.80 Å². The SMILES string of the molecule is COc1ccc(S(=O)(=O)N(CC(C)C)C[C@@H](O)[C@H](Cc2ccc(OCc3ccccc3C(=O)Nc3sc4c(c3C(=O)O)CC(C)(C)CC4)cc2)NC(=O)O[C@H]2CO[C@@]3(C)OCC[C@@H]23)cc1. The van der Waals surface area contributed by atoms with E-state index in [-0.39, 0.29) is 60.4 Å². The summed E-state index contributed by atoms with van der Waals surface area (Å²) in [5, 5.41) is 28.0. The van der Waals surface area contributed by atoms with Crippen molar-refractivity contribution in [1.29, 1.82) is 0 Å². The molecule has 15 nitrogen and oxygen atoms in total. The number of hydrogen-bond acceptors (Lipinski definition) is 12. The zero-order valence-electron chi connectivity index (χ0n) is 37.6. The maximum Gasteiger partial charge on any atom is 0.407 e. The van der Waals surface area contributed by atoms with Crippen LogP contribution >= 0.6 is 11.3 Å². The summed E-state index contributed by atoms with van der Waals surface area (Å²) in [7, 11) is -2.59. The standard InChI is InChI=1S/C48H59N3O12S2/c1-29(2)25-51(65(57,58)34-17-15-32(59-6)16-18-34)26-39(52)38(49-46(56)63-40-28-62-48(5)37(40)20-22-61-48)23-30-11-13-33(14-12-30)60-27-31-9-7-8-10-35(31)43(53)50-44-42(45(54)55)36-24-47(3,4)21-19-41(36)64-44/h7-18,29,37-40,52H,19-28H2,1-6H3,(H,49,56)(H,50,53)(H,54,55)/t37-,38-,39+,40-,48+/m0/s1. The average molecular weight is 934 g/mol. The van der Waals surface area contributed by atoms with Crippen molar-refractivity contribution in [2.75, 3.05) is 38.7 Å². The Kier molecular flexibility index (Phi) is 14.6. The van der Waals surface area contributed by atoms with Crippen molar-refractivity contribution in [3.63, 3.8) is 0 Å². The van der Waals surface area contributed by atoms with Crippen LogP contribution in [0.1, 0.15) is 89.7 Å². The van der Waals surface area contributed by atoms with Crippen molar-refractivity contribution in [3.8, 4) is 11.5 Å². The van der Waals surface area contributed by atoms with Crippen LogP contribution < -0.4 is 20.1 Å². The van der Waals surface area contributed by atoms with E-state index in [1.807, 2.05) is 20.8 Å². The van der Waals surface area contributed by atoms with Gasteiger partial charge >= 0.3 is 12.1 Å². The Bertz CT molecular complexity index is 2460. The number of fused-ring (bicyclic) bond motifs is 2. The number of aromatic carboxylic acids is 1. The number of aryl methyl sites for hydroxylation is 1. The number of benzene rings is 3. The predicted molar refractivity (Wildman–Crippen MR) is 244 cm³/mol. The molecule has 0 bridgehead atoms. The number of amides is 2. The molecule has 2 saturated heterocycles. The molecule has 5 atom stereocenters. The van der Waals surface area contributed by atoms with Crippen LogP contribution in [0, 0.1) is 17.3 Å². The number of aliphatic hydroxyl groups excluding tert-OH is 1. The number of hydrogen-bond donors (Lipinski definition) is 4. The first-order valence-corrected chi connectivity index (χ1v) is 24.2. The molecule has 4 aromatic rings. The Morgan fingerprint density at radius 3 is 2.37 bits per heavy atom. The van der Waals surface area contributed by atoms with Gasteiger partial charge in [0.2, 0.25) is 10.0 Å². The summed E-state index contributed by atoms with van der Waals surface area (Å²) in [6.07, 6.45) is 0.359. The number of thiophene rings is 1. The van der Waals surface area contributed by atoms with E-state index in [1.54, 1.807) is 60.7 Å². The van der Waals surface area contributed by atoms with Gasteiger partial charge in [-0.1, -0.05) is 58.0 Å². The lowest BCUT2D eigenvalue weighted by molar-refractivity contribution is -0.181. The number of nitrogens with one attached hydrogen (secondary N) is 2. The summed E-state index contributed by atoms with van der Waals surface area (Å²) in [5.74, 6) is -1.62. The molecule has 1 aromatic heterocycles. The number of nitrogens with zero attached hydrogens (tertiary/aromatic N) is 1. The number of carbonyl (C=O) groups is 3. The summed E-state index contributed by atoms with van der Waals surface area (Å²) < 4.78 is 58.0. The van der Waals surface area contributed by atoms with Gasteiger partial charge in [-0.15, -0.1) is 11.3 Å². The minimum Gasteiger partial charge on any atom is -0.497 e. The van der Waals surface area contributed by atoms with Crippen LogP contribution in [-0.2, 0) is 50.1 Å². The quantitative estimate of drug-likeness (QED) is 0.0778. The first kappa shape index (κ1) is 47.9. The van der Waals surface area contributed by atoms with Crippen LogP contribution in [0.5, 0.6) is 11.5 Å². The zero-order valence-corrected chi connectivity index (χ0v) is 39.3. The lowest BCUT2D eigenvalue weighted by atomic mass is 9.76. The van der Waals surface area contributed by atoms with Crippen molar-refractivity contribution in [1.82, 2.24) is 9.62 Å². The van der Waals surface area contributed by atoms with Gasteiger partial charge in [0.1, 0.15) is 29.2 Å². The number of anilines is 1. The predicted octanol–water partition coefficient (Wildman–Crippen LogP) is 7.30. The second-order valence-corrected chi connectivity index (χ2v) is 21.4. The number of carboxylic acids is 1. The summed E-state index contributed by atoms with van der Waals surface area (Å²) in [6.45, 7) is 10.3. The largest absolute Gasteiger partial charge is 0.497 e. The van der Waals surface area contributed by atoms with E-state index in [0.717, 1.165) is 23.3 Å². The highest BCUT2D eigenvalue weighted by atomic mass is 32.2. The highest BCUT2D eigenvalue weighted by Gasteiger charge is 2.53. The summed E-state index contributed by atoms with van der Waals surface area (Å²) in [6, 6.07) is 19.0. The van der Waals surface area contributed by atoms with E-state index in [0.29, 0.717) is 52.6 Å². The Balaban J connectivity index is 1.05. The fourth-order valence-electron chi connectivity index (χ4n) is 8.84. The summed E-state index contributed by atoms with van der Waals surface area (Å²) in [5.41, 5.74) is 2.55. The van der Waals surface area contributed by atoms with Crippen molar-refractivity contribution < 1.29 is 56.7 Å². The molecule has 1 aliphatic carbocycles. The molecule has 3 heterocycles. The van der Waals surface area contributed by atoms with Gasteiger partial charge in [0.05, 0.1) is 48.8 Å². The Labute approximate surface area is 384 Å². The van der Waals surface area contributed by atoms with Crippen LogP contribution in [-0.4, -0.2) is 98.4 Å². The first-order chi connectivity index (χ1) is 30.9. The Hall–Kier alpha value is -5.04. The summed E-state index contributed by atoms with van der Waals surface area (Å²) >= 11 is 1.32. The first-order valence-electron chi connectivity index (χ1n) is 21.9. The van der Waals surface area contributed by atoms with Gasteiger partial charge in [-0.05, 0) is 104 Å². The van der Waals surface area contributed by atoms with Gasteiger partial charge in [-0.3, -0.25) is 4.79 Å². The van der Waals surface area contributed by atoms with Gasteiger partial charge in [0.25, 0.3) is 5.91 Å². The van der Waals surface area contributed by atoms with E-state index in [4.69, 9.17) is 23.7 Å². The maximum atomic E-state index is 14.0. The molecule has 0 saturated carbocycles. The molecule has 17 heteroatoms.